The van der Waals surface area contributed by atoms with E-state index in [1.807, 2.05) is 20.8 Å². The number of rotatable bonds is 4. The number of hydrogen-bond donors (Lipinski definition) is 2. The molecule has 1 aromatic rings. The number of halogens is 1. The fourth-order valence-corrected chi connectivity index (χ4v) is 2.92. The maximum absolute atomic E-state index is 12.3. The van der Waals surface area contributed by atoms with Crippen molar-refractivity contribution in [3.05, 3.63) is 23.0 Å². The third-order valence-electron chi connectivity index (χ3n) is 3.99. The van der Waals surface area contributed by atoms with E-state index in [-0.39, 0.29) is 29.0 Å². The van der Waals surface area contributed by atoms with E-state index in [4.69, 9.17) is 26.8 Å². The Morgan fingerprint density at radius 2 is 2.12 bits per heavy atom. The molecule has 1 saturated heterocycles. The number of piperidine rings is 1. The van der Waals surface area contributed by atoms with Crippen molar-refractivity contribution < 1.29 is 19.1 Å². The molecule has 2 atom stereocenters. The van der Waals surface area contributed by atoms with Crippen molar-refractivity contribution in [2.24, 2.45) is 5.73 Å². The summed E-state index contributed by atoms with van der Waals surface area (Å²) in [7, 11) is 1.58. The van der Waals surface area contributed by atoms with Gasteiger partial charge >= 0.3 is 6.09 Å². The molecule has 2 amide bonds. The van der Waals surface area contributed by atoms with Gasteiger partial charge in [0.15, 0.2) is 0 Å². The number of ether oxygens (including phenoxy) is 2. The molecule has 2 heterocycles. The summed E-state index contributed by atoms with van der Waals surface area (Å²) in [6.07, 6.45) is 1.28. The average Bonchev–Trinajstić information content (AvgIpc) is 2.53. The number of anilines is 1. The van der Waals surface area contributed by atoms with Crippen LogP contribution in [0.5, 0.6) is 0 Å². The summed E-state index contributed by atoms with van der Waals surface area (Å²) in [6, 6.07) is 1.42. The maximum atomic E-state index is 12.3. The molecule has 144 valence electrons. The fraction of sp³-hybridized carbons (Fsp3) is 0.588. The third-order valence-corrected chi connectivity index (χ3v) is 4.20. The number of aromatic nitrogens is 1. The van der Waals surface area contributed by atoms with Crippen LogP contribution in [0.15, 0.2) is 12.3 Å². The van der Waals surface area contributed by atoms with Crippen LogP contribution in [0.2, 0.25) is 5.15 Å². The zero-order chi connectivity index (χ0) is 19.5. The summed E-state index contributed by atoms with van der Waals surface area (Å²) in [5.74, 6) is -0.600. The second kappa shape index (κ2) is 8.09. The standard InChI is InChI=1S/C17H25ClN4O4/c1-17(2,3)26-16(24)22-6-5-11(13(9-22)25-4)21-12-7-14(18)20-8-10(12)15(19)23/h7-8,11,13H,5-6,9H2,1-4H3,(H2,19,23)(H,20,21)/t11-,13+/m1/s1. The number of primary amides is 1. The molecule has 0 unspecified atom stereocenters. The van der Waals surface area contributed by atoms with Gasteiger partial charge in [0, 0.05) is 19.9 Å². The lowest BCUT2D eigenvalue weighted by Crippen LogP contribution is -2.53. The summed E-state index contributed by atoms with van der Waals surface area (Å²) in [6.45, 7) is 6.34. The van der Waals surface area contributed by atoms with Crippen molar-refractivity contribution >= 4 is 29.3 Å². The molecular formula is C17H25ClN4O4. The van der Waals surface area contributed by atoms with Gasteiger partial charge in [-0.1, -0.05) is 11.6 Å². The molecule has 1 aliphatic rings. The minimum Gasteiger partial charge on any atom is -0.444 e. The van der Waals surface area contributed by atoms with Gasteiger partial charge < -0.3 is 25.4 Å². The number of likely N-dealkylation sites (tertiary alicyclic amines) is 1. The quantitative estimate of drug-likeness (QED) is 0.771. The SMILES string of the molecule is CO[C@H]1CN(C(=O)OC(C)(C)C)CC[C@H]1Nc1cc(Cl)ncc1C(N)=O. The number of hydrogen-bond acceptors (Lipinski definition) is 6. The van der Waals surface area contributed by atoms with E-state index in [1.54, 1.807) is 18.1 Å². The molecule has 1 aromatic heterocycles. The van der Waals surface area contributed by atoms with E-state index in [2.05, 4.69) is 10.3 Å². The van der Waals surface area contributed by atoms with E-state index in [0.717, 1.165) is 0 Å². The Morgan fingerprint density at radius 1 is 1.42 bits per heavy atom. The van der Waals surface area contributed by atoms with Crippen molar-refractivity contribution in [3.63, 3.8) is 0 Å². The Kier molecular flexibility index (Phi) is 6.30. The molecule has 3 N–H and O–H groups in total. The molecule has 0 spiro atoms. The smallest absolute Gasteiger partial charge is 0.410 e. The second-order valence-electron chi connectivity index (χ2n) is 7.16. The molecular weight excluding hydrogens is 360 g/mol. The van der Waals surface area contributed by atoms with Gasteiger partial charge in [-0.25, -0.2) is 9.78 Å². The molecule has 0 aliphatic carbocycles. The number of nitrogens with two attached hydrogens (primary N) is 1. The molecule has 0 aromatic carbocycles. The molecule has 0 saturated carbocycles. The van der Waals surface area contributed by atoms with Gasteiger partial charge in [-0.05, 0) is 33.3 Å². The summed E-state index contributed by atoms with van der Waals surface area (Å²) in [4.78, 5) is 29.4. The highest BCUT2D eigenvalue weighted by atomic mass is 35.5. The van der Waals surface area contributed by atoms with Crippen molar-refractivity contribution in [3.8, 4) is 0 Å². The van der Waals surface area contributed by atoms with Gasteiger partial charge in [-0.3, -0.25) is 4.79 Å². The Hall–Kier alpha value is -2.06. The zero-order valence-corrected chi connectivity index (χ0v) is 16.2. The number of amides is 2. The topological polar surface area (TPSA) is 107 Å². The lowest BCUT2D eigenvalue weighted by molar-refractivity contribution is -0.0101. The van der Waals surface area contributed by atoms with Crippen LogP contribution < -0.4 is 11.1 Å². The van der Waals surface area contributed by atoms with Crippen LogP contribution in [-0.2, 0) is 9.47 Å². The molecule has 26 heavy (non-hydrogen) atoms. The number of carbonyl (C=O) groups is 2. The van der Waals surface area contributed by atoms with E-state index in [1.165, 1.54) is 6.20 Å². The van der Waals surface area contributed by atoms with Gasteiger partial charge in [0.1, 0.15) is 10.8 Å². The van der Waals surface area contributed by atoms with Crippen LogP contribution >= 0.6 is 11.6 Å². The van der Waals surface area contributed by atoms with Gasteiger partial charge in [0.25, 0.3) is 5.91 Å². The number of methoxy groups -OCH3 is 1. The third kappa shape index (κ3) is 5.22. The van der Waals surface area contributed by atoms with E-state index < -0.39 is 11.5 Å². The fourth-order valence-electron chi connectivity index (χ4n) is 2.76. The molecule has 0 radical (unpaired) electrons. The van der Waals surface area contributed by atoms with Crippen molar-refractivity contribution in [1.82, 2.24) is 9.88 Å². The Morgan fingerprint density at radius 3 is 2.69 bits per heavy atom. The maximum Gasteiger partial charge on any atom is 0.410 e. The van der Waals surface area contributed by atoms with Gasteiger partial charge in [-0.2, -0.15) is 0 Å². The Balaban J connectivity index is 2.10. The first-order valence-corrected chi connectivity index (χ1v) is 8.71. The number of carbonyl (C=O) groups excluding carboxylic acids is 2. The molecule has 1 fully saturated rings. The first-order valence-electron chi connectivity index (χ1n) is 8.33. The second-order valence-corrected chi connectivity index (χ2v) is 7.54. The predicted molar refractivity (Wildman–Crippen MR) is 98.4 cm³/mol. The van der Waals surface area contributed by atoms with Crippen LogP contribution in [0.4, 0.5) is 10.5 Å². The summed E-state index contributed by atoms with van der Waals surface area (Å²) in [5.41, 5.74) is 5.58. The largest absolute Gasteiger partial charge is 0.444 e. The number of pyridine rings is 1. The molecule has 0 bridgehead atoms. The predicted octanol–water partition coefficient (Wildman–Crippen LogP) is 2.27. The van der Waals surface area contributed by atoms with E-state index in [9.17, 15) is 9.59 Å². The number of nitrogens with one attached hydrogen (secondary N) is 1. The molecule has 9 heteroatoms. The van der Waals surface area contributed by atoms with Gasteiger partial charge in [0.2, 0.25) is 0 Å². The van der Waals surface area contributed by atoms with Gasteiger partial charge in [0.05, 0.1) is 29.9 Å². The minimum absolute atomic E-state index is 0.129. The first kappa shape index (κ1) is 20.3. The van der Waals surface area contributed by atoms with Crippen molar-refractivity contribution in [2.45, 2.75) is 44.9 Å². The van der Waals surface area contributed by atoms with Crippen LogP contribution in [0.3, 0.4) is 0 Å². The lowest BCUT2D eigenvalue weighted by atomic mass is 10.0. The Labute approximate surface area is 158 Å². The summed E-state index contributed by atoms with van der Waals surface area (Å²) >= 11 is 5.93. The van der Waals surface area contributed by atoms with Crippen LogP contribution in [0, 0.1) is 0 Å². The molecule has 8 nitrogen and oxygen atoms in total. The first-order chi connectivity index (χ1) is 12.1. The van der Waals surface area contributed by atoms with Crippen molar-refractivity contribution in [1.29, 1.82) is 0 Å². The highest BCUT2D eigenvalue weighted by Gasteiger charge is 2.34. The van der Waals surface area contributed by atoms with Crippen LogP contribution in [0.1, 0.15) is 37.6 Å². The van der Waals surface area contributed by atoms with Crippen LogP contribution in [-0.4, -0.2) is 59.8 Å². The van der Waals surface area contributed by atoms with E-state index in [0.29, 0.717) is 25.2 Å². The minimum atomic E-state index is -0.600. The highest BCUT2D eigenvalue weighted by molar-refractivity contribution is 6.29. The average molecular weight is 385 g/mol. The lowest BCUT2D eigenvalue weighted by Gasteiger charge is -2.39. The summed E-state index contributed by atoms with van der Waals surface area (Å²) in [5, 5.41) is 3.50. The van der Waals surface area contributed by atoms with Crippen LogP contribution in [0.25, 0.3) is 0 Å². The molecule has 1 aliphatic heterocycles. The monoisotopic (exact) mass is 384 g/mol. The molecule has 2 rings (SSSR count). The van der Waals surface area contributed by atoms with Gasteiger partial charge in [-0.15, -0.1) is 0 Å². The van der Waals surface area contributed by atoms with Crippen molar-refractivity contribution in [2.75, 3.05) is 25.5 Å². The normalized spacial score (nSPS) is 20.6. The Bertz CT molecular complexity index is 677. The zero-order valence-electron chi connectivity index (χ0n) is 15.4. The highest BCUT2D eigenvalue weighted by Crippen LogP contribution is 2.24. The number of nitrogens with zero attached hydrogens (tertiary/aromatic N) is 2. The summed E-state index contributed by atoms with van der Waals surface area (Å²) < 4.78 is 11.0. The van der Waals surface area contributed by atoms with E-state index >= 15 is 0 Å².